The molecule has 0 aliphatic rings. The van der Waals surface area contributed by atoms with Gasteiger partial charge in [-0.15, -0.1) is 11.6 Å². The maximum absolute atomic E-state index is 13.8. The Morgan fingerprint density at radius 3 is 2.70 bits per heavy atom. The van der Waals surface area contributed by atoms with Crippen LogP contribution in [0.3, 0.4) is 0 Å². The number of nitrogens with zero attached hydrogens (tertiary/aromatic N) is 2. The first-order chi connectivity index (χ1) is 9.31. The fourth-order valence-corrected chi connectivity index (χ4v) is 2.85. The minimum Gasteiger partial charge on any atom is -0.325 e. The smallest absolute Gasteiger partial charge is 0.139 e. The van der Waals surface area contributed by atoms with E-state index in [2.05, 4.69) is 20.9 Å². The van der Waals surface area contributed by atoms with Crippen LogP contribution in [-0.4, -0.2) is 25.3 Å². The van der Waals surface area contributed by atoms with Crippen molar-refractivity contribution >= 4 is 49.4 Å². The fraction of sp³-hybridized carbons (Fsp3) is 0.462. The van der Waals surface area contributed by atoms with Gasteiger partial charge in [0.05, 0.1) is 20.9 Å². The SMILES string of the molecule is CC(Cl)c1nc2cc(Br)c(F)cc2n1CC(C)S(C)=O. The van der Waals surface area contributed by atoms with Crippen molar-refractivity contribution in [3.8, 4) is 0 Å². The van der Waals surface area contributed by atoms with Gasteiger partial charge in [0.2, 0.25) is 0 Å². The lowest BCUT2D eigenvalue weighted by molar-refractivity contribution is 0.616. The molecule has 1 aromatic carbocycles. The molecule has 0 saturated heterocycles. The minimum absolute atomic E-state index is 0.0618. The van der Waals surface area contributed by atoms with E-state index in [-0.39, 0.29) is 16.4 Å². The Bertz CT molecular complexity index is 674. The second-order valence-electron chi connectivity index (χ2n) is 4.76. The highest BCUT2D eigenvalue weighted by Crippen LogP contribution is 2.28. The average Bonchev–Trinajstić information content (AvgIpc) is 2.68. The van der Waals surface area contributed by atoms with Crippen molar-refractivity contribution < 1.29 is 8.60 Å². The molecule has 0 amide bonds. The molecule has 0 bridgehead atoms. The molecule has 110 valence electrons. The number of hydrogen-bond donors (Lipinski definition) is 0. The van der Waals surface area contributed by atoms with E-state index in [9.17, 15) is 8.60 Å². The molecule has 20 heavy (non-hydrogen) atoms. The van der Waals surface area contributed by atoms with E-state index in [1.165, 1.54) is 6.07 Å². The summed E-state index contributed by atoms with van der Waals surface area (Å²) in [5.41, 5.74) is 1.35. The fourth-order valence-electron chi connectivity index (χ4n) is 2.00. The van der Waals surface area contributed by atoms with Gasteiger partial charge in [-0.05, 0) is 35.8 Å². The van der Waals surface area contributed by atoms with Gasteiger partial charge >= 0.3 is 0 Å². The Balaban J connectivity index is 2.62. The van der Waals surface area contributed by atoms with Crippen molar-refractivity contribution in [1.82, 2.24) is 9.55 Å². The van der Waals surface area contributed by atoms with E-state index < -0.39 is 10.8 Å². The largest absolute Gasteiger partial charge is 0.325 e. The molecule has 0 aliphatic heterocycles. The highest BCUT2D eigenvalue weighted by Gasteiger charge is 2.19. The van der Waals surface area contributed by atoms with Crippen molar-refractivity contribution in [3.63, 3.8) is 0 Å². The zero-order valence-corrected chi connectivity index (χ0v) is 14.5. The Morgan fingerprint density at radius 2 is 2.15 bits per heavy atom. The molecular formula is C13H15BrClFN2OS. The highest BCUT2D eigenvalue weighted by atomic mass is 79.9. The van der Waals surface area contributed by atoms with Gasteiger partial charge in [-0.25, -0.2) is 9.37 Å². The van der Waals surface area contributed by atoms with Crippen LogP contribution in [0.25, 0.3) is 11.0 Å². The predicted octanol–water partition coefficient (Wildman–Crippen LogP) is 4.00. The van der Waals surface area contributed by atoms with Crippen molar-refractivity contribution in [2.75, 3.05) is 6.26 Å². The minimum atomic E-state index is -0.964. The summed E-state index contributed by atoms with van der Waals surface area (Å²) in [4.78, 5) is 4.46. The Kier molecular flexibility index (Phi) is 4.87. The summed E-state index contributed by atoms with van der Waals surface area (Å²) in [5.74, 6) is 0.314. The van der Waals surface area contributed by atoms with Crippen LogP contribution < -0.4 is 0 Å². The van der Waals surface area contributed by atoms with Crippen LogP contribution in [0.4, 0.5) is 4.39 Å². The molecular weight excluding hydrogens is 367 g/mol. The average molecular weight is 382 g/mol. The first-order valence-corrected chi connectivity index (χ1v) is 8.97. The maximum Gasteiger partial charge on any atom is 0.139 e. The van der Waals surface area contributed by atoms with Gasteiger partial charge in [0, 0.05) is 34.9 Å². The third kappa shape index (κ3) is 3.07. The van der Waals surface area contributed by atoms with Crippen molar-refractivity contribution in [3.05, 3.63) is 28.2 Å². The summed E-state index contributed by atoms with van der Waals surface area (Å²) < 4.78 is 27.6. The molecule has 0 saturated carbocycles. The molecule has 2 rings (SSSR count). The van der Waals surface area contributed by atoms with Crippen molar-refractivity contribution in [2.45, 2.75) is 31.0 Å². The van der Waals surface area contributed by atoms with E-state index in [4.69, 9.17) is 11.6 Å². The number of imidazole rings is 1. The van der Waals surface area contributed by atoms with Crippen LogP contribution in [0.5, 0.6) is 0 Å². The van der Waals surface area contributed by atoms with E-state index >= 15 is 0 Å². The molecule has 0 fully saturated rings. The zero-order chi connectivity index (χ0) is 15.0. The topological polar surface area (TPSA) is 34.9 Å². The first-order valence-electron chi connectivity index (χ1n) is 6.12. The lowest BCUT2D eigenvalue weighted by Gasteiger charge is -2.14. The molecule has 0 aliphatic carbocycles. The number of rotatable bonds is 4. The quantitative estimate of drug-likeness (QED) is 0.750. The summed E-state index contributed by atoms with van der Waals surface area (Å²) >= 11 is 9.31. The summed E-state index contributed by atoms with van der Waals surface area (Å²) in [5, 5.41) is -0.366. The van der Waals surface area contributed by atoms with Crippen LogP contribution in [-0.2, 0) is 17.3 Å². The van der Waals surface area contributed by atoms with Gasteiger partial charge in [-0.1, -0.05) is 0 Å². The lowest BCUT2D eigenvalue weighted by Crippen LogP contribution is -2.19. The van der Waals surface area contributed by atoms with Crippen molar-refractivity contribution in [1.29, 1.82) is 0 Å². The summed E-state index contributed by atoms with van der Waals surface area (Å²) in [6, 6.07) is 3.07. The molecule has 0 spiro atoms. The summed E-state index contributed by atoms with van der Waals surface area (Å²) in [6.07, 6.45) is 1.66. The third-order valence-electron chi connectivity index (χ3n) is 3.18. The number of hydrogen-bond acceptors (Lipinski definition) is 2. The number of benzene rings is 1. The van der Waals surface area contributed by atoms with Crippen LogP contribution in [0.15, 0.2) is 16.6 Å². The molecule has 1 aromatic heterocycles. The number of halogens is 3. The Labute approximate surface area is 133 Å². The second-order valence-corrected chi connectivity index (χ2v) is 8.07. The van der Waals surface area contributed by atoms with Crippen LogP contribution in [0.1, 0.15) is 25.0 Å². The zero-order valence-electron chi connectivity index (χ0n) is 11.4. The Hall–Kier alpha value is -0.460. The third-order valence-corrected chi connectivity index (χ3v) is 5.27. The van der Waals surface area contributed by atoms with E-state index in [1.807, 2.05) is 18.4 Å². The second kappa shape index (κ2) is 6.12. The van der Waals surface area contributed by atoms with Crippen molar-refractivity contribution in [2.24, 2.45) is 0 Å². The summed E-state index contributed by atoms with van der Waals surface area (Å²) in [7, 11) is -0.964. The van der Waals surface area contributed by atoms with E-state index in [1.54, 1.807) is 12.3 Å². The molecule has 3 atom stereocenters. The molecule has 0 N–H and O–H groups in total. The normalized spacial score (nSPS) is 16.3. The van der Waals surface area contributed by atoms with Gasteiger partial charge in [-0.3, -0.25) is 4.21 Å². The lowest BCUT2D eigenvalue weighted by atomic mass is 10.3. The van der Waals surface area contributed by atoms with Gasteiger partial charge in [0.15, 0.2) is 0 Å². The van der Waals surface area contributed by atoms with Crippen LogP contribution in [0, 0.1) is 5.82 Å². The standard InChI is InChI=1S/C13H15BrClFN2OS/c1-7(20(3)19)6-18-12-5-10(16)9(14)4-11(12)17-13(18)8(2)15/h4-5,7-8H,6H2,1-3H3. The van der Waals surface area contributed by atoms with E-state index in [0.29, 0.717) is 27.9 Å². The molecule has 0 radical (unpaired) electrons. The molecule has 1 heterocycles. The molecule has 2 aromatic rings. The highest BCUT2D eigenvalue weighted by molar-refractivity contribution is 9.10. The number of aromatic nitrogens is 2. The maximum atomic E-state index is 13.8. The molecule has 3 nitrogen and oxygen atoms in total. The molecule has 7 heteroatoms. The molecule has 3 unspecified atom stereocenters. The van der Waals surface area contributed by atoms with Gasteiger partial charge in [0.1, 0.15) is 11.6 Å². The number of fused-ring (bicyclic) bond motifs is 1. The number of alkyl halides is 1. The summed E-state index contributed by atoms with van der Waals surface area (Å²) in [6.45, 7) is 4.20. The monoisotopic (exact) mass is 380 g/mol. The van der Waals surface area contributed by atoms with Gasteiger partial charge < -0.3 is 4.57 Å². The van der Waals surface area contributed by atoms with Gasteiger partial charge in [-0.2, -0.15) is 0 Å². The Morgan fingerprint density at radius 1 is 1.50 bits per heavy atom. The first kappa shape index (κ1) is 15.9. The predicted molar refractivity (Wildman–Crippen MR) is 85.2 cm³/mol. The van der Waals surface area contributed by atoms with E-state index in [0.717, 1.165) is 0 Å². The van der Waals surface area contributed by atoms with Crippen LogP contribution >= 0.6 is 27.5 Å². The van der Waals surface area contributed by atoms with Crippen LogP contribution in [0.2, 0.25) is 0 Å². The van der Waals surface area contributed by atoms with Gasteiger partial charge in [0.25, 0.3) is 0 Å².